The summed E-state index contributed by atoms with van der Waals surface area (Å²) in [5, 5.41) is 3.28. The predicted molar refractivity (Wildman–Crippen MR) is 75.3 cm³/mol. The summed E-state index contributed by atoms with van der Waals surface area (Å²) < 4.78 is 6.28. The molecule has 4 heteroatoms. The van der Waals surface area contributed by atoms with Gasteiger partial charge in [0.2, 0.25) is 0 Å². The van der Waals surface area contributed by atoms with E-state index >= 15 is 0 Å². The van der Waals surface area contributed by atoms with Gasteiger partial charge in [-0.1, -0.05) is 6.42 Å². The van der Waals surface area contributed by atoms with Crippen LogP contribution in [-0.4, -0.2) is 25.0 Å². The van der Waals surface area contributed by atoms with Gasteiger partial charge in [0.15, 0.2) is 5.78 Å². The van der Waals surface area contributed by atoms with Crippen LogP contribution in [0.1, 0.15) is 36.5 Å². The Kier molecular flexibility index (Phi) is 4.78. The van der Waals surface area contributed by atoms with E-state index in [0.29, 0.717) is 6.61 Å². The Hall–Kier alpha value is -0.870. The normalized spacial score (nSPS) is 19.6. The van der Waals surface area contributed by atoms with Gasteiger partial charge in [0, 0.05) is 5.56 Å². The van der Waals surface area contributed by atoms with Crippen molar-refractivity contribution >= 4 is 21.7 Å². The van der Waals surface area contributed by atoms with E-state index in [-0.39, 0.29) is 11.8 Å². The standard InChI is InChI=1S/C14H18BrNO2/c1-2-18-13-7-6-10(9-11(13)15)14(17)12-5-3-4-8-16-12/h6-7,9,12,16H,2-5,8H2,1H3. The smallest absolute Gasteiger partial charge is 0.179 e. The zero-order valence-corrected chi connectivity index (χ0v) is 12.1. The maximum absolute atomic E-state index is 12.3. The van der Waals surface area contributed by atoms with Crippen molar-refractivity contribution in [1.82, 2.24) is 5.32 Å². The van der Waals surface area contributed by atoms with Crippen LogP contribution >= 0.6 is 15.9 Å². The third-order valence-electron chi connectivity index (χ3n) is 3.14. The zero-order chi connectivity index (χ0) is 13.0. The Morgan fingerprint density at radius 1 is 1.50 bits per heavy atom. The number of nitrogens with one attached hydrogen (secondary N) is 1. The van der Waals surface area contributed by atoms with Gasteiger partial charge in [-0.05, 0) is 60.4 Å². The number of carbonyl (C=O) groups excluding carboxylic acids is 1. The third kappa shape index (κ3) is 3.12. The molecule has 1 aliphatic rings. The molecule has 0 bridgehead atoms. The second-order valence-electron chi connectivity index (χ2n) is 4.44. The maximum Gasteiger partial charge on any atom is 0.179 e. The van der Waals surface area contributed by atoms with Crippen molar-refractivity contribution in [3.8, 4) is 5.75 Å². The maximum atomic E-state index is 12.3. The molecular weight excluding hydrogens is 294 g/mol. The van der Waals surface area contributed by atoms with Crippen LogP contribution in [0.4, 0.5) is 0 Å². The van der Waals surface area contributed by atoms with Gasteiger partial charge in [-0.15, -0.1) is 0 Å². The average molecular weight is 312 g/mol. The molecule has 1 atom stereocenters. The summed E-state index contributed by atoms with van der Waals surface area (Å²) in [6.45, 7) is 3.50. The first kappa shape index (κ1) is 13.6. The molecule has 98 valence electrons. The van der Waals surface area contributed by atoms with E-state index in [0.717, 1.165) is 41.6 Å². The fraction of sp³-hybridized carbons (Fsp3) is 0.500. The lowest BCUT2D eigenvalue weighted by Gasteiger charge is -2.22. The van der Waals surface area contributed by atoms with Crippen molar-refractivity contribution in [1.29, 1.82) is 0 Å². The van der Waals surface area contributed by atoms with Crippen LogP contribution in [0.15, 0.2) is 22.7 Å². The number of rotatable bonds is 4. The average Bonchev–Trinajstić information content (AvgIpc) is 2.41. The molecule has 1 fully saturated rings. The van der Waals surface area contributed by atoms with E-state index in [2.05, 4.69) is 21.2 Å². The minimum absolute atomic E-state index is 0.0245. The Labute approximate surface area is 116 Å². The van der Waals surface area contributed by atoms with E-state index in [9.17, 15) is 4.79 Å². The highest BCUT2D eigenvalue weighted by molar-refractivity contribution is 9.10. The van der Waals surface area contributed by atoms with Crippen molar-refractivity contribution in [3.05, 3.63) is 28.2 Å². The lowest BCUT2D eigenvalue weighted by atomic mass is 9.96. The van der Waals surface area contributed by atoms with Crippen molar-refractivity contribution in [2.45, 2.75) is 32.2 Å². The second kappa shape index (κ2) is 6.34. The third-order valence-corrected chi connectivity index (χ3v) is 3.76. The van der Waals surface area contributed by atoms with E-state index in [1.165, 1.54) is 0 Å². The van der Waals surface area contributed by atoms with Gasteiger partial charge < -0.3 is 10.1 Å². The van der Waals surface area contributed by atoms with Crippen molar-refractivity contribution in [2.24, 2.45) is 0 Å². The first-order valence-electron chi connectivity index (χ1n) is 6.42. The number of ether oxygens (including phenoxy) is 1. The first-order chi connectivity index (χ1) is 8.72. The highest BCUT2D eigenvalue weighted by Crippen LogP contribution is 2.27. The zero-order valence-electron chi connectivity index (χ0n) is 10.5. The molecule has 0 spiro atoms. The number of hydrogen-bond donors (Lipinski definition) is 1. The molecule has 1 aliphatic heterocycles. The van der Waals surface area contributed by atoms with Gasteiger partial charge in [-0.3, -0.25) is 4.79 Å². The number of benzene rings is 1. The SMILES string of the molecule is CCOc1ccc(C(=O)C2CCCCN2)cc1Br. The molecule has 18 heavy (non-hydrogen) atoms. The Morgan fingerprint density at radius 2 is 2.33 bits per heavy atom. The van der Waals surface area contributed by atoms with Crippen LogP contribution in [0.5, 0.6) is 5.75 Å². The van der Waals surface area contributed by atoms with Gasteiger partial charge in [-0.2, -0.15) is 0 Å². The Balaban J connectivity index is 2.12. The number of carbonyl (C=O) groups is 1. The highest BCUT2D eigenvalue weighted by Gasteiger charge is 2.22. The topological polar surface area (TPSA) is 38.3 Å². The van der Waals surface area contributed by atoms with Crippen LogP contribution in [0.3, 0.4) is 0 Å². The molecule has 1 heterocycles. The summed E-state index contributed by atoms with van der Waals surface area (Å²) in [5.74, 6) is 0.962. The second-order valence-corrected chi connectivity index (χ2v) is 5.30. The predicted octanol–water partition coefficient (Wildman–Crippen LogP) is 3.17. The molecule has 2 rings (SSSR count). The molecule has 0 radical (unpaired) electrons. The van der Waals surface area contributed by atoms with Crippen molar-refractivity contribution in [3.63, 3.8) is 0 Å². The van der Waals surface area contributed by atoms with Crippen LogP contribution in [0.25, 0.3) is 0 Å². The molecular formula is C14H18BrNO2. The molecule has 0 amide bonds. The van der Waals surface area contributed by atoms with Gasteiger partial charge in [-0.25, -0.2) is 0 Å². The van der Waals surface area contributed by atoms with Crippen LogP contribution < -0.4 is 10.1 Å². The lowest BCUT2D eigenvalue weighted by Crippen LogP contribution is -2.40. The van der Waals surface area contributed by atoms with Crippen LogP contribution in [-0.2, 0) is 0 Å². The summed E-state index contributed by atoms with van der Waals surface area (Å²) in [4.78, 5) is 12.3. The summed E-state index contributed by atoms with van der Waals surface area (Å²) in [5.41, 5.74) is 0.740. The molecule has 1 unspecified atom stereocenters. The van der Waals surface area contributed by atoms with E-state index in [1.54, 1.807) is 0 Å². The molecule has 1 aromatic rings. The van der Waals surface area contributed by atoms with Crippen molar-refractivity contribution < 1.29 is 9.53 Å². The molecule has 1 aromatic carbocycles. The molecule has 0 aliphatic carbocycles. The summed E-state index contributed by atoms with van der Waals surface area (Å²) in [6, 6.07) is 5.52. The lowest BCUT2D eigenvalue weighted by molar-refractivity contribution is 0.0927. The molecule has 1 N–H and O–H groups in total. The highest BCUT2D eigenvalue weighted by atomic mass is 79.9. The fourth-order valence-electron chi connectivity index (χ4n) is 2.20. The van der Waals surface area contributed by atoms with Crippen LogP contribution in [0, 0.1) is 0 Å². The van der Waals surface area contributed by atoms with Gasteiger partial charge in [0.25, 0.3) is 0 Å². The Morgan fingerprint density at radius 3 is 2.94 bits per heavy atom. The summed E-state index contributed by atoms with van der Waals surface area (Å²) in [7, 11) is 0. The van der Waals surface area contributed by atoms with E-state index < -0.39 is 0 Å². The van der Waals surface area contributed by atoms with Crippen molar-refractivity contribution in [2.75, 3.05) is 13.2 Å². The largest absolute Gasteiger partial charge is 0.493 e. The molecule has 0 saturated carbocycles. The minimum atomic E-state index is -0.0245. The van der Waals surface area contributed by atoms with E-state index in [1.807, 2.05) is 25.1 Å². The monoisotopic (exact) mass is 311 g/mol. The number of piperidine rings is 1. The molecule has 0 aromatic heterocycles. The van der Waals surface area contributed by atoms with Gasteiger partial charge >= 0.3 is 0 Å². The quantitative estimate of drug-likeness (QED) is 0.868. The Bertz CT molecular complexity index is 428. The van der Waals surface area contributed by atoms with Crippen LogP contribution in [0.2, 0.25) is 0 Å². The number of Topliss-reactive ketones (excluding diaryl/α,β-unsaturated/α-hetero) is 1. The van der Waals surface area contributed by atoms with Gasteiger partial charge in [0.1, 0.15) is 5.75 Å². The molecule has 3 nitrogen and oxygen atoms in total. The minimum Gasteiger partial charge on any atom is -0.493 e. The summed E-state index contributed by atoms with van der Waals surface area (Å²) >= 11 is 3.44. The molecule has 1 saturated heterocycles. The van der Waals surface area contributed by atoms with E-state index in [4.69, 9.17) is 4.74 Å². The number of ketones is 1. The number of halogens is 1. The first-order valence-corrected chi connectivity index (χ1v) is 7.21. The number of hydrogen-bond acceptors (Lipinski definition) is 3. The summed E-state index contributed by atoms with van der Waals surface area (Å²) in [6.07, 6.45) is 3.22. The van der Waals surface area contributed by atoms with Gasteiger partial charge in [0.05, 0.1) is 17.1 Å². The fourth-order valence-corrected chi connectivity index (χ4v) is 2.70.